The first-order valence-electron chi connectivity index (χ1n) is 9.47. The number of benzene rings is 2. The number of hydrogen-bond donors (Lipinski definition) is 2. The van der Waals surface area contributed by atoms with Gasteiger partial charge in [-0.05, 0) is 41.8 Å². The van der Waals surface area contributed by atoms with Crippen LogP contribution in [-0.2, 0) is 29.2 Å². The summed E-state index contributed by atoms with van der Waals surface area (Å²) in [6.07, 6.45) is 0.474. The molecule has 0 spiro atoms. The molecule has 0 radical (unpaired) electrons. The molecule has 2 aromatic carbocycles. The third kappa shape index (κ3) is 2.96. The molecule has 3 aliphatic rings. The average Bonchev–Trinajstić information content (AvgIpc) is 3.27. The summed E-state index contributed by atoms with van der Waals surface area (Å²) < 4.78 is 20.4. The highest BCUT2D eigenvalue weighted by Gasteiger charge is 2.40. The number of amides is 3. The van der Waals surface area contributed by atoms with Crippen molar-refractivity contribution in [2.45, 2.75) is 38.5 Å². The Morgan fingerprint density at radius 1 is 1.07 bits per heavy atom. The predicted octanol–water partition coefficient (Wildman–Crippen LogP) is 1.98. The van der Waals surface area contributed by atoms with Gasteiger partial charge in [-0.15, -0.1) is 0 Å². The van der Waals surface area contributed by atoms with E-state index in [1.165, 1.54) is 11.0 Å². The summed E-state index contributed by atoms with van der Waals surface area (Å²) >= 11 is 0. The molecular formula is C21H18FN3O4. The van der Waals surface area contributed by atoms with Gasteiger partial charge in [0.2, 0.25) is 11.8 Å². The van der Waals surface area contributed by atoms with Crippen molar-refractivity contribution in [1.82, 2.24) is 15.5 Å². The van der Waals surface area contributed by atoms with Crippen molar-refractivity contribution >= 4 is 17.7 Å². The minimum atomic E-state index is -0.705. The lowest BCUT2D eigenvalue weighted by atomic mass is 10.0. The molecule has 148 valence electrons. The van der Waals surface area contributed by atoms with E-state index in [9.17, 15) is 18.8 Å². The standard InChI is InChI=1S/C21H18FN3O4/c22-15-6-11-8-23-9-12(11)7-18(15)29-17-3-1-2-13-14(17)10-25(21(13)28)16-4-5-19(26)24-20(16)27/h1-3,6-7,16,23H,4-5,8-10H2,(H,24,26,27). The molecule has 7 nitrogen and oxygen atoms in total. The number of rotatable bonds is 3. The Kier molecular flexibility index (Phi) is 4.09. The van der Waals surface area contributed by atoms with Gasteiger partial charge >= 0.3 is 0 Å². The highest BCUT2D eigenvalue weighted by atomic mass is 19.1. The van der Waals surface area contributed by atoms with Crippen LogP contribution in [0.4, 0.5) is 4.39 Å². The number of carbonyl (C=O) groups excluding carboxylic acids is 3. The van der Waals surface area contributed by atoms with E-state index in [1.807, 2.05) is 0 Å². The van der Waals surface area contributed by atoms with E-state index in [0.29, 0.717) is 30.0 Å². The van der Waals surface area contributed by atoms with Crippen molar-refractivity contribution in [3.05, 3.63) is 58.4 Å². The Hall–Kier alpha value is -3.26. The molecule has 1 fully saturated rings. The van der Waals surface area contributed by atoms with Gasteiger partial charge in [-0.1, -0.05) is 6.07 Å². The van der Waals surface area contributed by atoms with E-state index in [4.69, 9.17) is 4.74 Å². The summed E-state index contributed by atoms with van der Waals surface area (Å²) in [5.41, 5.74) is 2.93. The number of ether oxygens (including phenoxy) is 1. The molecule has 0 saturated carbocycles. The zero-order valence-corrected chi connectivity index (χ0v) is 15.5. The molecule has 0 aliphatic carbocycles. The number of halogens is 1. The molecule has 1 unspecified atom stereocenters. The van der Waals surface area contributed by atoms with Crippen molar-refractivity contribution in [2.24, 2.45) is 0 Å². The molecule has 2 aromatic rings. The Balaban J connectivity index is 1.44. The quantitative estimate of drug-likeness (QED) is 0.776. The molecule has 8 heteroatoms. The van der Waals surface area contributed by atoms with Crippen molar-refractivity contribution < 1.29 is 23.5 Å². The van der Waals surface area contributed by atoms with Crippen molar-refractivity contribution in [3.63, 3.8) is 0 Å². The smallest absolute Gasteiger partial charge is 0.255 e. The maximum absolute atomic E-state index is 14.5. The molecule has 0 aromatic heterocycles. The molecule has 5 rings (SSSR count). The summed E-state index contributed by atoms with van der Waals surface area (Å²) in [5, 5.41) is 5.45. The van der Waals surface area contributed by atoms with E-state index in [2.05, 4.69) is 10.6 Å². The van der Waals surface area contributed by atoms with Gasteiger partial charge < -0.3 is 15.0 Å². The van der Waals surface area contributed by atoms with Gasteiger partial charge in [-0.3, -0.25) is 19.7 Å². The third-order valence-corrected chi connectivity index (χ3v) is 5.64. The van der Waals surface area contributed by atoms with Crippen LogP contribution in [0.5, 0.6) is 11.5 Å². The molecule has 0 bridgehead atoms. The third-order valence-electron chi connectivity index (χ3n) is 5.64. The SMILES string of the molecule is O=C1CCC(N2Cc3c(Oc4cc5c(cc4F)CNC5)cccc3C2=O)C(=O)N1. The zero-order chi connectivity index (χ0) is 20.1. The summed E-state index contributed by atoms with van der Waals surface area (Å²) in [6.45, 7) is 1.45. The predicted molar refractivity (Wildman–Crippen MR) is 99.5 cm³/mol. The maximum Gasteiger partial charge on any atom is 0.255 e. The summed E-state index contributed by atoms with van der Waals surface area (Å²) in [4.78, 5) is 37.9. The number of nitrogens with one attached hydrogen (secondary N) is 2. The van der Waals surface area contributed by atoms with Crippen LogP contribution in [0.15, 0.2) is 30.3 Å². The van der Waals surface area contributed by atoms with E-state index in [1.54, 1.807) is 24.3 Å². The fraction of sp³-hybridized carbons (Fsp3) is 0.286. The molecular weight excluding hydrogens is 377 g/mol. The molecule has 1 atom stereocenters. The van der Waals surface area contributed by atoms with Gasteiger partial charge in [0.1, 0.15) is 11.8 Å². The minimum Gasteiger partial charge on any atom is -0.454 e. The number of fused-ring (bicyclic) bond motifs is 2. The number of carbonyl (C=O) groups is 3. The van der Waals surface area contributed by atoms with E-state index < -0.39 is 17.8 Å². The van der Waals surface area contributed by atoms with Crippen LogP contribution in [0.2, 0.25) is 0 Å². The second kappa shape index (κ2) is 6.66. The monoisotopic (exact) mass is 395 g/mol. The van der Waals surface area contributed by atoms with Crippen molar-refractivity contribution in [2.75, 3.05) is 0 Å². The first-order chi connectivity index (χ1) is 14.0. The second-order valence-electron chi connectivity index (χ2n) is 7.44. The van der Waals surface area contributed by atoms with Gasteiger partial charge in [0, 0.05) is 30.6 Å². The summed E-state index contributed by atoms with van der Waals surface area (Å²) in [7, 11) is 0. The number of hydrogen-bond acceptors (Lipinski definition) is 5. The van der Waals surface area contributed by atoms with Crippen molar-refractivity contribution in [1.29, 1.82) is 0 Å². The Labute approximate surface area is 165 Å². The first-order valence-corrected chi connectivity index (χ1v) is 9.47. The van der Waals surface area contributed by atoms with Gasteiger partial charge in [-0.25, -0.2) is 4.39 Å². The highest BCUT2D eigenvalue weighted by molar-refractivity contribution is 6.05. The van der Waals surface area contributed by atoms with Crippen LogP contribution in [0, 0.1) is 5.82 Å². The largest absolute Gasteiger partial charge is 0.454 e. The maximum atomic E-state index is 14.5. The van der Waals surface area contributed by atoms with Crippen LogP contribution in [-0.4, -0.2) is 28.7 Å². The lowest BCUT2D eigenvalue weighted by molar-refractivity contribution is -0.136. The Morgan fingerprint density at radius 2 is 1.86 bits per heavy atom. The fourth-order valence-corrected chi connectivity index (χ4v) is 4.15. The van der Waals surface area contributed by atoms with Crippen LogP contribution in [0.3, 0.4) is 0 Å². The lowest BCUT2D eigenvalue weighted by Crippen LogP contribution is -2.52. The van der Waals surface area contributed by atoms with Gasteiger partial charge in [-0.2, -0.15) is 0 Å². The van der Waals surface area contributed by atoms with E-state index in [0.717, 1.165) is 11.1 Å². The molecule has 1 saturated heterocycles. The minimum absolute atomic E-state index is 0.104. The Morgan fingerprint density at radius 3 is 2.66 bits per heavy atom. The number of piperidine rings is 1. The summed E-state index contributed by atoms with van der Waals surface area (Å²) in [5.74, 6) is -1.07. The Bertz CT molecular complexity index is 1070. The van der Waals surface area contributed by atoms with Crippen LogP contribution in [0.1, 0.15) is 39.9 Å². The van der Waals surface area contributed by atoms with Crippen LogP contribution in [0.25, 0.3) is 0 Å². The highest BCUT2D eigenvalue weighted by Crippen LogP contribution is 2.37. The molecule has 3 aliphatic heterocycles. The molecule has 3 heterocycles. The van der Waals surface area contributed by atoms with Gasteiger partial charge in [0.15, 0.2) is 11.6 Å². The number of nitrogens with zero attached hydrogens (tertiary/aromatic N) is 1. The van der Waals surface area contributed by atoms with E-state index in [-0.39, 0.29) is 37.0 Å². The fourth-order valence-electron chi connectivity index (χ4n) is 4.15. The van der Waals surface area contributed by atoms with Gasteiger partial charge in [0.05, 0.1) is 6.54 Å². The second-order valence-corrected chi connectivity index (χ2v) is 7.44. The average molecular weight is 395 g/mol. The molecule has 2 N–H and O–H groups in total. The zero-order valence-electron chi connectivity index (χ0n) is 15.5. The summed E-state index contributed by atoms with van der Waals surface area (Å²) in [6, 6.07) is 7.47. The lowest BCUT2D eigenvalue weighted by Gasteiger charge is -2.29. The van der Waals surface area contributed by atoms with Crippen molar-refractivity contribution in [3.8, 4) is 11.5 Å². The molecule has 3 amide bonds. The van der Waals surface area contributed by atoms with Crippen LogP contribution < -0.4 is 15.4 Å². The normalized spacial score (nSPS) is 20.5. The first kappa shape index (κ1) is 17.8. The van der Waals surface area contributed by atoms with Crippen LogP contribution >= 0.6 is 0 Å². The van der Waals surface area contributed by atoms with E-state index >= 15 is 0 Å². The number of imide groups is 1. The van der Waals surface area contributed by atoms with Gasteiger partial charge in [0.25, 0.3) is 5.91 Å². The topological polar surface area (TPSA) is 87.7 Å². The molecule has 29 heavy (non-hydrogen) atoms.